The molecule has 0 bridgehead atoms. The van der Waals surface area contributed by atoms with Crippen LogP contribution in [0, 0.1) is 11.8 Å². The smallest absolute Gasteiger partial charge is 0.0158 e. The first-order chi connectivity index (χ1) is 8.65. The number of hydrogen-bond donors (Lipinski definition) is 0. The van der Waals surface area contributed by atoms with Crippen LogP contribution in [-0.2, 0) is 0 Å². The van der Waals surface area contributed by atoms with Gasteiger partial charge in [0.2, 0.25) is 0 Å². The molecular formula is C18H35N. The molecule has 0 aromatic carbocycles. The Kier molecular flexibility index (Phi) is 5.67. The Balaban J connectivity index is 2.47. The molecule has 1 heterocycles. The van der Waals surface area contributed by atoms with E-state index in [0.29, 0.717) is 11.1 Å². The van der Waals surface area contributed by atoms with E-state index in [1.54, 1.807) is 0 Å². The minimum Gasteiger partial charge on any atom is -0.296 e. The van der Waals surface area contributed by atoms with Crippen molar-refractivity contribution >= 4 is 0 Å². The summed E-state index contributed by atoms with van der Waals surface area (Å²) in [5, 5.41) is 0. The minimum atomic E-state index is 0.332. The van der Waals surface area contributed by atoms with Crippen LogP contribution in [0.5, 0.6) is 0 Å². The molecule has 1 fully saturated rings. The van der Waals surface area contributed by atoms with Crippen molar-refractivity contribution in [1.29, 1.82) is 0 Å². The molecule has 0 spiro atoms. The lowest BCUT2D eigenvalue weighted by molar-refractivity contribution is -0.0291. The van der Waals surface area contributed by atoms with Crippen LogP contribution in [-0.4, -0.2) is 23.0 Å². The zero-order chi connectivity index (χ0) is 14.7. The highest BCUT2D eigenvalue weighted by Gasteiger charge is 2.42. The molecule has 1 saturated heterocycles. The second-order valence-electron chi connectivity index (χ2n) is 8.14. The van der Waals surface area contributed by atoms with Gasteiger partial charge in [-0.25, -0.2) is 0 Å². The SMILES string of the molecule is CC(C)CC/C=C\CC1CC(C)(C)N(C)C(C)(C)C1. The first-order valence-electron chi connectivity index (χ1n) is 8.04. The Morgan fingerprint density at radius 1 is 1.05 bits per heavy atom. The highest BCUT2D eigenvalue weighted by atomic mass is 15.2. The molecule has 1 nitrogen and oxygen atoms in total. The van der Waals surface area contributed by atoms with E-state index in [9.17, 15) is 0 Å². The lowest BCUT2D eigenvalue weighted by Gasteiger charge is -2.53. The fourth-order valence-electron chi connectivity index (χ4n) is 3.58. The maximum absolute atomic E-state index is 2.57. The van der Waals surface area contributed by atoms with Crippen LogP contribution >= 0.6 is 0 Å². The molecule has 1 aliphatic heterocycles. The van der Waals surface area contributed by atoms with Gasteiger partial charge in [0, 0.05) is 11.1 Å². The zero-order valence-electron chi connectivity index (χ0n) is 14.3. The van der Waals surface area contributed by atoms with Crippen molar-refractivity contribution in [3.05, 3.63) is 12.2 Å². The molecule has 0 aliphatic carbocycles. The topological polar surface area (TPSA) is 3.24 Å². The predicted octanol–water partition coefficient (Wildman–Crippen LogP) is 5.27. The summed E-state index contributed by atoms with van der Waals surface area (Å²) in [5.74, 6) is 1.67. The summed E-state index contributed by atoms with van der Waals surface area (Å²) in [6, 6.07) is 0. The highest BCUT2D eigenvalue weighted by Crippen LogP contribution is 2.41. The number of allylic oxidation sites excluding steroid dienone is 2. The van der Waals surface area contributed by atoms with Gasteiger partial charge in [-0.1, -0.05) is 26.0 Å². The van der Waals surface area contributed by atoms with Crippen LogP contribution in [0.4, 0.5) is 0 Å². The van der Waals surface area contributed by atoms with E-state index in [2.05, 4.69) is 65.6 Å². The Bertz CT molecular complexity index is 281. The first kappa shape index (κ1) is 16.8. The molecule has 19 heavy (non-hydrogen) atoms. The number of likely N-dealkylation sites (tertiary alicyclic amines) is 1. The zero-order valence-corrected chi connectivity index (χ0v) is 14.3. The Labute approximate surface area is 121 Å². The molecule has 0 saturated carbocycles. The molecule has 0 radical (unpaired) electrons. The quantitative estimate of drug-likeness (QED) is 0.612. The molecule has 0 unspecified atom stereocenters. The van der Waals surface area contributed by atoms with Gasteiger partial charge < -0.3 is 0 Å². The number of hydrogen-bond acceptors (Lipinski definition) is 1. The molecule has 112 valence electrons. The minimum absolute atomic E-state index is 0.332. The van der Waals surface area contributed by atoms with Gasteiger partial charge in [0.15, 0.2) is 0 Å². The van der Waals surface area contributed by atoms with Gasteiger partial charge in [-0.2, -0.15) is 0 Å². The van der Waals surface area contributed by atoms with Gasteiger partial charge in [0.25, 0.3) is 0 Å². The van der Waals surface area contributed by atoms with Gasteiger partial charge in [0.05, 0.1) is 0 Å². The van der Waals surface area contributed by atoms with Gasteiger partial charge in [-0.05, 0) is 78.7 Å². The van der Waals surface area contributed by atoms with Crippen LogP contribution in [0.15, 0.2) is 12.2 Å². The van der Waals surface area contributed by atoms with Crippen LogP contribution < -0.4 is 0 Å². The van der Waals surface area contributed by atoms with Crippen molar-refractivity contribution in [2.24, 2.45) is 11.8 Å². The second kappa shape index (κ2) is 6.43. The van der Waals surface area contributed by atoms with Crippen LogP contribution in [0.2, 0.25) is 0 Å². The van der Waals surface area contributed by atoms with Crippen molar-refractivity contribution in [3.8, 4) is 0 Å². The fourth-order valence-corrected chi connectivity index (χ4v) is 3.58. The average Bonchev–Trinajstić information content (AvgIpc) is 2.24. The summed E-state index contributed by atoms with van der Waals surface area (Å²) in [6.45, 7) is 14.2. The molecular weight excluding hydrogens is 230 g/mol. The maximum Gasteiger partial charge on any atom is 0.0158 e. The van der Waals surface area contributed by atoms with Crippen LogP contribution in [0.3, 0.4) is 0 Å². The summed E-state index contributed by atoms with van der Waals surface area (Å²) in [7, 11) is 2.29. The predicted molar refractivity (Wildman–Crippen MR) is 86.5 cm³/mol. The molecule has 1 heteroatoms. The van der Waals surface area contributed by atoms with Gasteiger partial charge in [0.1, 0.15) is 0 Å². The van der Waals surface area contributed by atoms with E-state index in [1.807, 2.05) is 0 Å². The lowest BCUT2D eigenvalue weighted by Crippen LogP contribution is -2.58. The standard InChI is InChI=1S/C18H35N/c1-15(2)11-9-8-10-12-16-13-17(3,4)19(7)18(5,6)14-16/h8,10,15-16H,9,11-14H2,1-7H3/b10-8-. The normalized spacial score (nSPS) is 24.4. The molecule has 0 amide bonds. The summed E-state index contributed by atoms with van der Waals surface area (Å²) in [6.07, 6.45) is 11.3. The molecule has 0 aromatic rings. The van der Waals surface area contributed by atoms with Crippen molar-refractivity contribution in [3.63, 3.8) is 0 Å². The first-order valence-corrected chi connectivity index (χ1v) is 8.04. The van der Waals surface area contributed by atoms with E-state index in [4.69, 9.17) is 0 Å². The Morgan fingerprint density at radius 3 is 2.05 bits per heavy atom. The second-order valence-corrected chi connectivity index (χ2v) is 8.14. The maximum atomic E-state index is 2.57. The Hall–Kier alpha value is -0.300. The van der Waals surface area contributed by atoms with Crippen molar-refractivity contribution < 1.29 is 0 Å². The summed E-state index contributed by atoms with van der Waals surface area (Å²) < 4.78 is 0. The molecule has 0 N–H and O–H groups in total. The summed E-state index contributed by atoms with van der Waals surface area (Å²) >= 11 is 0. The van der Waals surface area contributed by atoms with E-state index in [-0.39, 0.29) is 0 Å². The summed E-state index contributed by atoms with van der Waals surface area (Å²) in [5.41, 5.74) is 0.663. The van der Waals surface area contributed by atoms with Crippen molar-refractivity contribution in [2.75, 3.05) is 7.05 Å². The van der Waals surface area contributed by atoms with Gasteiger partial charge >= 0.3 is 0 Å². The van der Waals surface area contributed by atoms with Gasteiger partial charge in [-0.15, -0.1) is 0 Å². The third kappa shape index (κ3) is 4.95. The van der Waals surface area contributed by atoms with Crippen molar-refractivity contribution in [1.82, 2.24) is 4.90 Å². The average molecular weight is 265 g/mol. The molecule has 1 aliphatic rings. The van der Waals surface area contributed by atoms with Crippen molar-refractivity contribution in [2.45, 2.75) is 84.7 Å². The lowest BCUT2D eigenvalue weighted by atomic mass is 9.73. The van der Waals surface area contributed by atoms with E-state index in [0.717, 1.165) is 11.8 Å². The van der Waals surface area contributed by atoms with E-state index >= 15 is 0 Å². The van der Waals surface area contributed by atoms with Crippen LogP contribution in [0.25, 0.3) is 0 Å². The third-order valence-corrected chi connectivity index (χ3v) is 4.94. The fraction of sp³-hybridized carbons (Fsp3) is 0.889. The molecule has 0 aromatic heterocycles. The van der Waals surface area contributed by atoms with E-state index in [1.165, 1.54) is 32.1 Å². The monoisotopic (exact) mass is 265 g/mol. The third-order valence-electron chi connectivity index (χ3n) is 4.94. The number of nitrogens with zero attached hydrogens (tertiary/aromatic N) is 1. The number of rotatable bonds is 5. The summed E-state index contributed by atoms with van der Waals surface area (Å²) in [4.78, 5) is 2.57. The number of piperidine rings is 1. The molecule has 1 rings (SSSR count). The van der Waals surface area contributed by atoms with Gasteiger partial charge in [-0.3, -0.25) is 4.90 Å². The molecule has 0 atom stereocenters. The highest BCUT2D eigenvalue weighted by molar-refractivity contribution is 5.00. The van der Waals surface area contributed by atoms with Crippen LogP contribution in [0.1, 0.15) is 73.6 Å². The Morgan fingerprint density at radius 2 is 1.58 bits per heavy atom. The van der Waals surface area contributed by atoms with E-state index < -0.39 is 0 Å². The largest absolute Gasteiger partial charge is 0.296 e.